The molecule has 1 heterocycles. The maximum Gasteiger partial charge on any atom is 0.229 e. The molecule has 7 atom stereocenters. The fourth-order valence-electron chi connectivity index (χ4n) is 4.44. The van der Waals surface area contributed by atoms with Gasteiger partial charge in [0, 0.05) is 13.2 Å². The maximum atomic E-state index is 10.3. The van der Waals surface area contributed by atoms with Crippen LogP contribution in [0.3, 0.4) is 0 Å². The van der Waals surface area contributed by atoms with Crippen molar-refractivity contribution in [1.29, 1.82) is 0 Å². The molecule has 3 rings (SSSR count). The van der Waals surface area contributed by atoms with Gasteiger partial charge >= 0.3 is 0 Å². The van der Waals surface area contributed by atoms with Crippen LogP contribution in [-0.2, 0) is 17.6 Å². The van der Waals surface area contributed by atoms with Crippen LogP contribution in [0.2, 0.25) is 0 Å². The van der Waals surface area contributed by atoms with Crippen molar-refractivity contribution in [3.8, 4) is 23.0 Å². The minimum absolute atomic E-state index is 0.0172. The Morgan fingerprint density at radius 1 is 0.757 bits per heavy atom. The van der Waals surface area contributed by atoms with Crippen LogP contribution >= 0.6 is 0 Å². The second-order valence-electron chi connectivity index (χ2n) is 9.10. The maximum absolute atomic E-state index is 10.3. The first-order chi connectivity index (χ1) is 17.8. The minimum atomic E-state index is -1.57. The first-order valence-electron chi connectivity index (χ1n) is 12.0. The van der Waals surface area contributed by atoms with Crippen molar-refractivity contribution in [3.63, 3.8) is 0 Å². The van der Waals surface area contributed by atoms with Gasteiger partial charge in [0.25, 0.3) is 0 Å². The Hall–Kier alpha value is -2.64. The zero-order valence-corrected chi connectivity index (χ0v) is 20.8. The SMILES string of the molecule is COc1cc(C[C@H](CO)[C@H](CO)Cc2ccc(O[C@@H]3O[C@H](CO)[C@@H](O)[C@H](O)[C@H]3O)c(OC)c2)ccc1O. The van der Waals surface area contributed by atoms with Gasteiger partial charge in [0.15, 0.2) is 23.0 Å². The van der Waals surface area contributed by atoms with E-state index in [2.05, 4.69) is 0 Å². The summed E-state index contributed by atoms with van der Waals surface area (Å²) in [6.07, 6.45) is -6.24. The van der Waals surface area contributed by atoms with Crippen molar-refractivity contribution in [1.82, 2.24) is 0 Å². The number of benzene rings is 2. The molecule has 11 heteroatoms. The number of rotatable bonds is 12. The highest BCUT2D eigenvalue weighted by Gasteiger charge is 2.45. The molecule has 0 amide bonds. The van der Waals surface area contributed by atoms with Crippen molar-refractivity contribution in [2.24, 2.45) is 11.8 Å². The molecule has 0 saturated carbocycles. The van der Waals surface area contributed by atoms with Crippen molar-refractivity contribution >= 4 is 0 Å². The Kier molecular flexibility index (Phi) is 10.4. The molecule has 1 saturated heterocycles. The van der Waals surface area contributed by atoms with E-state index in [1.54, 1.807) is 30.3 Å². The highest BCUT2D eigenvalue weighted by atomic mass is 16.7. The lowest BCUT2D eigenvalue weighted by Gasteiger charge is -2.39. The molecule has 7 N–H and O–H groups in total. The monoisotopic (exact) mass is 524 g/mol. The molecule has 0 aliphatic carbocycles. The summed E-state index contributed by atoms with van der Waals surface area (Å²) in [5.74, 6) is 0.265. The number of phenolic OH excluding ortho intramolecular Hbond substituents is 1. The Morgan fingerprint density at radius 2 is 1.32 bits per heavy atom. The zero-order valence-electron chi connectivity index (χ0n) is 20.8. The van der Waals surface area contributed by atoms with Gasteiger partial charge in [0.2, 0.25) is 6.29 Å². The van der Waals surface area contributed by atoms with Gasteiger partial charge in [-0.15, -0.1) is 0 Å². The third-order valence-corrected chi connectivity index (χ3v) is 6.70. The van der Waals surface area contributed by atoms with Crippen LogP contribution in [0, 0.1) is 11.8 Å². The van der Waals surface area contributed by atoms with E-state index in [1.165, 1.54) is 20.3 Å². The minimum Gasteiger partial charge on any atom is -0.504 e. The molecular formula is C26H36O11. The number of aliphatic hydroxyl groups is 6. The van der Waals surface area contributed by atoms with Crippen molar-refractivity contribution in [3.05, 3.63) is 47.5 Å². The lowest BCUT2D eigenvalue weighted by molar-refractivity contribution is -0.277. The van der Waals surface area contributed by atoms with Crippen LogP contribution in [0.4, 0.5) is 0 Å². The fourth-order valence-corrected chi connectivity index (χ4v) is 4.44. The quantitative estimate of drug-likeness (QED) is 0.192. The molecule has 0 bridgehead atoms. The van der Waals surface area contributed by atoms with Gasteiger partial charge < -0.3 is 54.7 Å². The molecule has 1 fully saturated rings. The first-order valence-corrected chi connectivity index (χ1v) is 12.0. The average Bonchev–Trinajstić information content (AvgIpc) is 2.92. The first kappa shape index (κ1) is 28.9. The molecule has 1 aliphatic rings. The van der Waals surface area contributed by atoms with Crippen LogP contribution in [0.1, 0.15) is 11.1 Å². The Balaban J connectivity index is 1.73. The number of hydrogen-bond donors (Lipinski definition) is 7. The van der Waals surface area contributed by atoms with E-state index in [1.807, 2.05) is 0 Å². The molecule has 11 nitrogen and oxygen atoms in total. The summed E-state index contributed by atoms with van der Waals surface area (Å²) in [5, 5.41) is 69.6. The van der Waals surface area contributed by atoms with E-state index in [9.17, 15) is 35.7 Å². The number of hydrogen-bond acceptors (Lipinski definition) is 11. The van der Waals surface area contributed by atoms with Crippen LogP contribution in [0.25, 0.3) is 0 Å². The van der Waals surface area contributed by atoms with E-state index in [4.69, 9.17) is 18.9 Å². The standard InChI is InChI=1S/C26H36O11/c1-34-20-9-14(3-5-18(20)30)7-16(11-27)17(12-28)8-15-4-6-19(21(10-15)35-2)36-26-25(33)24(32)23(31)22(13-29)37-26/h3-6,9-10,16-17,22-33H,7-8,11-13H2,1-2H3/t16-,17+,22-,23-,24+,25-,26-/m1/s1. The summed E-state index contributed by atoms with van der Waals surface area (Å²) < 4.78 is 21.7. The molecule has 1 aliphatic heterocycles. The molecule has 37 heavy (non-hydrogen) atoms. The van der Waals surface area contributed by atoms with E-state index < -0.39 is 37.3 Å². The number of aromatic hydroxyl groups is 1. The fraction of sp³-hybridized carbons (Fsp3) is 0.538. The van der Waals surface area contributed by atoms with Crippen LogP contribution < -0.4 is 14.2 Å². The van der Waals surface area contributed by atoms with Crippen LogP contribution in [0.15, 0.2) is 36.4 Å². The summed E-state index contributed by atoms with van der Waals surface area (Å²) in [4.78, 5) is 0. The summed E-state index contributed by atoms with van der Waals surface area (Å²) >= 11 is 0. The predicted octanol–water partition coefficient (Wildman–Crippen LogP) is -0.410. The summed E-state index contributed by atoms with van der Waals surface area (Å²) in [5.41, 5.74) is 1.63. The highest BCUT2D eigenvalue weighted by molar-refractivity contribution is 5.44. The Labute approximate surface area is 215 Å². The third kappa shape index (κ3) is 6.82. The van der Waals surface area contributed by atoms with Gasteiger partial charge in [-0.25, -0.2) is 0 Å². The zero-order chi connectivity index (χ0) is 27.1. The summed E-state index contributed by atoms with van der Waals surface area (Å²) in [6, 6.07) is 9.98. The van der Waals surface area contributed by atoms with E-state index in [0.29, 0.717) is 24.3 Å². The van der Waals surface area contributed by atoms with Gasteiger partial charge in [-0.3, -0.25) is 0 Å². The molecule has 206 valence electrons. The molecule has 0 radical (unpaired) electrons. The lowest BCUT2D eigenvalue weighted by Crippen LogP contribution is -2.60. The summed E-state index contributed by atoms with van der Waals surface area (Å²) in [6.45, 7) is -0.915. The lowest BCUT2D eigenvalue weighted by atomic mass is 9.83. The number of methoxy groups -OCH3 is 2. The number of phenols is 1. The molecule has 0 unspecified atom stereocenters. The van der Waals surface area contributed by atoms with Gasteiger partial charge in [-0.2, -0.15) is 0 Å². The largest absolute Gasteiger partial charge is 0.504 e. The van der Waals surface area contributed by atoms with Gasteiger partial charge in [0.1, 0.15) is 24.4 Å². The smallest absolute Gasteiger partial charge is 0.229 e. The Bertz CT molecular complexity index is 998. The van der Waals surface area contributed by atoms with Crippen molar-refractivity contribution < 1.29 is 54.7 Å². The number of aliphatic hydroxyl groups excluding tert-OH is 6. The van der Waals surface area contributed by atoms with Crippen molar-refractivity contribution in [2.75, 3.05) is 34.0 Å². The van der Waals surface area contributed by atoms with E-state index in [-0.39, 0.29) is 36.5 Å². The Morgan fingerprint density at radius 3 is 1.86 bits per heavy atom. The van der Waals surface area contributed by atoms with E-state index in [0.717, 1.165) is 11.1 Å². The van der Waals surface area contributed by atoms with E-state index >= 15 is 0 Å². The molecule has 0 aromatic heterocycles. The third-order valence-electron chi connectivity index (χ3n) is 6.70. The average molecular weight is 525 g/mol. The topological polar surface area (TPSA) is 179 Å². The van der Waals surface area contributed by atoms with Crippen molar-refractivity contribution in [2.45, 2.75) is 43.5 Å². The predicted molar refractivity (Wildman–Crippen MR) is 131 cm³/mol. The highest BCUT2D eigenvalue weighted by Crippen LogP contribution is 2.34. The van der Waals surface area contributed by atoms with Gasteiger partial charge in [-0.05, 0) is 60.1 Å². The second-order valence-corrected chi connectivity index (χ2v) is 9.10. The number of ether oxygens (including phenoxy) is 4. The van der Waals surface area contributed by atoms with Gasteiger partial charge in [0.05, 0.1) is 20.8 Å². The second kappa shape index (κ2) is 13.2. The molecule has 2 aromatic carbocycles. The molecule has 2 aromatic rings. The van der Waals surface area contributed by atoms with Gasteiger partial charge in [-0.1, -0.05) is 12.1 Å². The normalized spacial score (nSPS) is 25.4. The molecule has 0 spiro atoms. The van der Waals surface area contributed by atoms with Crippen LogP contribution in [-0.4, -0.2) is 100 Å². The summed E-state index contributed by atoms with van der Waals surface area (Å²) in [7, 11) is 2.88. The molecular weight excluding hydrogens is 488 g/mol. The van der Waals surface area contributed by atoms with Crippen LogP contribution in [0.5, 0.6) is 23.0 Å².